The molecule has 0 aliphatic carbocycles. The molecule has 0 aromatic heterocycles. The van der Waals surface area contributed by atoms with Gasteiger partial charge in [-0.25, -0.2) is 0 Å². The molecular weight excluding hydrogens is 498 g/mol. The molecule has 0 N–H and O–H groups in total. The standard InChI is InChI=1S/C31H57NO7/c1-6-8-10-12-14-16-17-19-21-29(33)38-26-27(25-37-24-23-28(31(35)36)32(3,4)5)39-30(34)22-20-18-15-13-11-9-7-2/h16-17,27-28H,6-15,18-26H2,1-5H3/b17-16+. The molecule has 0 aliphatic heterocycles. The summed E-state index contributed by atoms with van der Waals surface area (Å²) in [4.78, 5) is 36.1. The predicted molar refractivity (Wildman–Crippen MR) is 153 cm³/mol. The minimum atomic E-state index is -1.13. The second-order valence-corrected chi connectivity index (χ2v) is 11.3. The zero-order valence-electron chi connectivity index (χ0n) is 25.5. The minimum absolute atomic E-state index is 0.0324. The first-order chi connectivity index (χ1) is 18.6. The molecule has 0 bridgehead atoms. The number of hydrogen-bond acceptors (Lipinski definition) is 7. The molecule has 0 spiro atoms. The Morgan fingerprint density at radius 1 is 0.744 bits per heavy atom. The van der Waals surface area contributed by atoms with Crippen molar-refractivity contribution in [2.24, 2.45) is 0 Å². The molecule has 0 aromatic rings. The maximum Gasteiger partial charge on any atom is 0.306 e. The van der Waals surface area contributed by atoms with Gasteiger partial charge in [-0.2, -0.15) is 0 Å². The zero-order chi connectivity index (χ0) is 29.4. The number of rotatable bonds is 26. The van der Waals surface area contributed by atoms with Crippen LogP contribution in [0.3, 0.4) is 0 Å². The first kappa shape index (κ1) is 37.1. The maximum atomic E-state index is 12.4. The van der Waals surface area contributed by atoms with E-state index in [2.05, 4.69) is 19.9 Å². The van der Waals surface area contributed by atoms with Crippen LogP contribution in [0.5, 0.6) is 0 Å². The molecule has 0 aromatic carbocycles. The van der Waals surface area contributed by atoms with Gasteiger partial charge in [-0.15, -0.1) is 0 Å². The Balaban J connectivity index is 4.58. The van der Waals surface area contributed by atoms with Gasteiger partial charge in [0.15, 0.2) is 6.10 Å². The average Bonchev–Trinajstić information content (AvgIpc) is 2.86. The van der Waals surface area contributed by atoms with E-state index in [1.54, 1.807) is 21.1 Å². The zero-order valence-corrected chi connectivity index (χ0v) is 25.5. The third kappa shape index (κ3) is 22.6. The second-order valence-electron chi connectivity index (χ2n) is 11.3. The number of nitrogens with zero attached hydrogens (tertiary/aromatic N) is 1. The van der Waals surface area contributed by atoms with Gasteiger partial charge in [0, 0.05) is 19.3 Å². The number of carboxylic acid groups (broad SMARTS) is 1. The molecule has 0 rings (SSSR count). The van der Waals surface area contributed by atoms with E-state index in [9.17, 15) is 19.5 Å². The number of allylic oxidation sites excluding steroid dienone is 2. The fourth-order valence-electron chi connectivity index (χ4n) is 4.20. The predicted octanol–water partition coefficient (Wildman–Crippen LogP) is 5.12. The highest BCUT2D eigenvalue weighted by Gasteiger charge is 2.25. The highest BCUT2D eigenvalue weighted by molar-refractivity contribution is 5.70. The minimum Gasteiger partial charge on any atom is -0.544 e. The first-order valence-corrected chi connectivity index (χ1v) is 15.2. The molecule has 0 heterocycles. The van der Waals surface area contributed by atoms with Crippen LogP contribution in [0.1, 0.15) is 117 Å². The van der Waals surface area contributed by atoms with Crippen LogP contribution in [0.25, 0.3) is 0 Å². The highest BCUT2D eigenvalue weighted by atomic mass is 16.6. The van der Waals surface area contributed by atoms with Gasteiger partial charge in [0.1, 0.15) is 12.6 Å². The molecule has 0 amide bonds. The van der Waals surface area contributed by atoms with Gasteiger partial charge in [0.05, 0.1) is 40.3 Å². The lowest BCUT2D eigenvalue weighted by atomic mass is 10.1. The Kier molecular flexibility index (Phi) is 22.7. The van der Waals surface area contributed by atoms with Crippen molar-refractivity contribution in [1.82, 2.24) is 0 Å². The summed E-state index contributed by atoms with van der Waals surface area (Å²) in [5.41, 5.74) is 0. The third-order valence-corrected chi connectivity index (χ3v) is 6.67. The van der Waals surface area contributed by atoms with Crippen LogP contribution in [-0.2, 0) is 28.6 Å². The van der Waals surface area contributed by atoms with Crippen molar-refractivity contribution in [2.75, 3.05) is 41.0 Å². The second kappa shape index (κ2) is 23.9. The number of quaternary nitrogens is 1. The van der Waals surface area contributed by atoms with E-state index in [1.165, 1.54) is 51.4 Å². The molecule has 0 saturated carbocycles. The number of hydrogen-bond donors (Lipinski definition) is 0. The van der Waals surface area contributed by atoms with Crippen LogP contribution >= 0.6 is 0 Å². The van der Waals surface area contributed by atoms with Crippen molar-refractivity contribution in [1.29, 1.82) is 0 Å². The summed E-state index contributed by atoms with van der Waals surface area (Å²) in [6, 6.07) is -0.721. The topological polar surface area (TPSA) is 102 Å². The van der Waals surface area contributed by atoms with E-state index in [1.807, 2.05) is 6.08 Å². The summed E-state index contributed by atoms with van der Waals surface area (Å²) >= 11 is 0. The molecule has 39 heavy (non-hydrogen) atoms. The molecule has 2 unspecified atom stereocenters. The van der Waals surface area contributed by atoms with E-state index in [4.69, 9.17) is 14.2 Å². The summed E-state index contributed by atoms with van der Waals surface area (Å²) in [5.74, 6) is -1.81. The summed E-state index contributed by atoms with van der Waals surface area (Å²) in [5, 5.41) is 11.5. The SMILES string of the molecule is CCCCCC/C=C/CCC(=O)OCC(COCCC(C(=O)[O-])[N+](C)(C)C)OC(=O)CCCCCCCCC. The van der Waals surface area contributed by atoms with Gasteiger partial charge >= 0.3 is 11.9 Å². The summed E-state index contributed by atoms with van der Waals surface area (Å²) in [6.45, 7) is 4.49. The Labute approximate surface area is 238 Å². The molecule has 8 nitrogen and oxygen atoms in total. The van der Waals surface area contributed by atoms with Crippen molar-refractivity contribution in [2.45, 2.75) is 129 Å². The van der Waals surface area contributed by atoms with E-state index >= 15 is 0 Å². The van der Waals surface area contributed by atoms with E-state index < -0.39 is 18.1 Å². The van der Waals surface area contributed by atoms with Gasteiger partial charge in [0.2, 0.25) is 0 Å². The number of esters is 2. The normalized spacial score (nSPS) is 13.4. The lowest BCUT2D eigenvalue weighted by Gasteiger charge is -2.34. The fraction of sp³-hybridized carbons (Fsp3) is 0.839. The Bertz CT molecular complexity index is 672. The number of carbonyl (C=O) groups is 3. The number of unbranched alkanes of at least 4 members (excludes halogenated alkanes) is 10. The van der Waals surface area contributed by atoms with Gasteiger partial charge in [-0.1, -0.05) is 83.8 Å². The Morgan fingerprint density at radius 2 is 1.33 bits per heavy atom. The molecule has 0 radical (unpaired) electrons. The molecular formula is C31H57NO7. The van der Waals surface area contributed by atoms with Crippen LogP contribution in [0.15, 0.2) is 12.2 Å². The lowest BCUT2D eigenvalue weighted by molar-refractivity contribution is -0.889. The molecule has 0 saturated heterocycles. The van der Waals surface area contributed by atoms with Crippen LogP contribution in [-0.4, -0.2) is 75.5 Å². The van der Waals surface area contributed by atoms with Crippen molar-refractivity contribution in [3.05, 3.63) is 12.2 Å². The van der Waals surface area contributed by atoms with Gasteiger partial charge in [-0.3, -0.25) is 9.59 Å². The smallest absolute Gasteiger partial charge is 0.306 e. The van der Waals surface area contributed by atoms with Crippen LogP contribution < -0.4 is 5.11 Å². The molecule has 0 aliphatic rings. The first-order valence-electron chi connectivity index (χ1n) is 15.2. The quantitative estimate of drug-likeness (QED) is 0.0632. The molecule has 0 fully saturated rings. The van der Waals surface area contributed by atoms with Gasteiger partial charge in [0.25, 0.3) is 0 Å². The third-order valence-electron chi connectivity index (χ3n) is 6.67. The van der Waals surface area contributed by atoms with Crippen molar-refractivity contribution in [3.63, 3.8) is 0 Å². The van der Waals surface area contributed by atoms with E-state index in [0.29, 0.717) is 12.8 Å². The monoisotopic (exact) mass is 555 g/mol. The van der Waals surface area contributed by atoms with Crippen LogP contribution in [0.4, 0.5) is 0 Å². The van der Waals surface area contributed by atoms with Crippen molar-refractivity contribution in [3.8, 4) is 0 Å². The number of ether oxygens (including phenoxy) is 3. The lowest BCUT2D eigenvalue weighted by Crippen LogP contribution is -2.55. The number of aliphatic carboxylic acids is 1. The number of carbonyl (C=O) groups excluding carboxylic acids is 3. The van der Waals surface area contributed by atoms with Crippen molar-refractivity contribution >= 4 is 17.9 Å². The summed E-state index contributed by atoms with van der Waals surface area (Å²) < 4.78 is 16.8. The summed E-state index contributed by atoms with van der Waals surface area (Å²) in [7, 11) is 5.36. The Morgan fingerprint density at radius 3 is 1.95 bits per heavy atom. The molecule has 8 heteroatoms. The van der Waals surface area contributed by atoms with E-state index in [-0.39, 0.29) is 49.1 Å². The van der Waals surface area contributed by atoms with Crippen LogP contribution in [0, 0.1) is 0 Å². The van der Waals surface area contributed by atoms with Gasteiger partial charge < -0.3 is 28.6 Å². The largest absolute Gasteiger partial charge is 0.544 e. The van der Waals surface area contributed by atoms with Crippen LogP contribution in [0.2, 0.25) is 0 Å². The Hall–Kier alpha value is -1.93. The van der Waals surface area contributed by atoms with Crippen molar-refractivity contribution < 1.29 is 38.2 Å². The van der Waals surface area contributed by atoms with Gasteiger partial charge in [-0.05, 0) is 25.7 Å². The number of likely N-dealkylation sites (N-methyl/N-ethyl adjacent to an activating group) is 1. The average molecular weight is 556 g/mol. The molecule has 228 valence electrons. The highest BCUT2D eigenvalue weighted by Crippen LogP contribution is 2.11. The maximum absolute atomic E-state index is 12.4. The molecule has 2 atom stereocenters. The van der Waals surface area contributed by atoms with E-state index in [0.717, 1.165) is 25.7 Å². The summed E-state index contributed by atoms with van der Waals surface area (Å²) in [6.07, 6.45) is 18.5. The number of carboxylic acids is 1. The fourth-order valence-corrected chi connectivity index (χ4v) is 4.20.